The number of hydrogen-bond donors (Lipinski definition) is 1. The van der Waals surface area contributed by atoms with Crippen LogP contribution in [0.15, 0.2) is 12.7 Å². The van der Waals surface area contributed by atoms with Crippen molar-refractivity contribution in [3.63, 3.8) is 0 Å². The van der Waals surface area contributed by atoms with Crippen molar-refractivity contribution < 1.29 is 0 Å². The van der Waals surface area contributed by atoms with Gasteiger partial charge in [-0.05, 0) is 6.42 Å². The highest BCUT2D eigenvalue weighted by atomic mass is 32.1. The van der Waals surface area contributed by atoms with E-state index in [-0.39, 0.29) is 0 Å². The number of nitrogens with one attached hydrogen (secondary N) is 1. The quantitative estimate of drug-likeness (QED) is 0.631. The fraction of sp³-hybridized carbons (Fsp3) is 0.583. The second kappa shape index (κ2) is 5.91. The standard InChI is InChI=1S/C12H18N4S/c1-2-3-4-5-6-7-16-9-15-10-11(16)13-8-14-12(10)17/h8-9H,2-7H2,1H3,(H,13,14,17). The number of aromatic nitrogens is 4. The van der Waals surface area contributed by atoms with Crippen LogP contribution in [0.1, 0.15) is 39.0 Å². The summed E-state index contributed by atoms with van der Waals surface area (Å²) < 4.78 is 2.70. The molecule has 1 N–H and O–H groups in total. The van der Waals surface area contributed by atoms with Crippen LogP contribution in [0.5, 0.6) is 0 Å². The van der Waals surface area contributed by atoms with Gasteiger partial charge in [-0.1, -0.05) is 44.8 Å². The van der Waals surface area contributed by atoms with Gasteiger partial charge in [-0.25, -0.2) is 9.97 Å². The molecule has 2 rings (SSSR count). The van der Waals surface area contributed by atoms with Crippen molar-refractivity contribution in [3.8, 4) is 0 Å². The van der Waals surface area contributed by atoms with E-state index in [0.29, 0.717) is 4.64 Å². The van der Waals surface area contributed by atoms with Crippen LogP contribution in [0.25, 0.3) is 11.2 Å². The molecule has 0 aliphatic rings. The summed E-state index contributed by atoms with van der Waals surface area (Å²) >= 11 is 5.13. The smallest absolute Gasteiger partial charge is 0.157 e. The Kier molecular flexibility index (Phi) is 4.25. The van der Waals surface area contributed by atoms with Crippen LogP contribution >= 0.6 is 12.2 Å². The van der Waals surface area contributed by atoms with E-state index in [1.165, 1.54) is 32.1 Å². The van der Waals surface area contributed by atoms with Gasteiger partial charge in [-0.3, -0.25) is 0 Å². The first-order valence-electron chi connectivity index (χ1n) is 6.21. The number of H-pyrrole nitrogens is 1. The molecule has 0 atom stereocenters. The molecule has 17 heavy (non-hydrogen) atoms. The van der Waals surface area contributed by atoms with E-state index in [0.717, 1.165) is 17.7 Å². The highest BCUT2D eigenvalue weighted by molar-refractivity contribution is 7.71. The highest BCUT2D eigenvalue weighted by Gasteiger charge is 2.03. The van der Waals surface area contributed by atoms with E-state index in [2.05, 4.69) is 26.4 Å². The minimum atomic E-state index is 0.573. The van der Waals surface area contributed by atoms with E-state index in [1.807, 2.05) is 6.33 Å². The predicted octanol–water partition coefficient (Wildman–Crippen LogP) is 3.46. The maximum absolute atomic E-state index is 5.13. The number of fused-ring (bicyclic) bond motifs is 1. The number of nitrogens with zero attached hydrogens (tertiary/aromatic N) is 3. The summed E-state index contributed by atoms with van der Waals surface area (Å²) in [6.45, 7) is 3.23. The topological polar surface area (TPSA) is 46.5 Å². The van der Waals surface area contributed by atoms with E-state index in [9.17, 15) is 0 Å². The minimum Gasteiger partial charge on any atom is -0.331 e. The van der Waals surface area contributed by atoms with Gasteiger partial charge >= 0.3 is 0 Å². The van der Waals surface area contributed by atoms with Crippen molar-refractivity contribution >= 4 is 23.4 Å². The molecule has 2 aromatic rings. The zero-order chi connectivity index (χ0) is 12.1. The van der Waals surface area contributed by atoms with Crippen molar-refractivity contribution in [1.29, 1.82) is 0 Å². The van der Waals surface area contributed by atoms with Gasteiger partial charge in [-0.15, -0.1) is 0 Å². The molecule has 0 radical (unpaired) electrons. The van der Waals surface area contributed by atoms with Crippen molar-refractivity contribution in [2.45, 2.75) is 45.6 Å². The van der Waals surface area contributed by atoms with Gasteiger partial charge < -0.3 is 9.55 Å². The second-order valence-electron chi connectivity index (χ2n) is 4.26. The van der Waals surface area contributed by atoms with Gasteiger partial charge in [0, 0.05) is 6.54 Å². The summed E-state index contributed by atoms with van der Waals surface area (Å²) in [6.07, 6.45) is 9.89. The van der Waals surface area contributed by atoms with Crippen molar-refractivity contribution in [2.75, 3.05) is 0 Å². The third kappa shape index (κ3) is 2.91. The maximum atomic E-state index is 5.13. The molecule has 92 valence electrons. The summed E-state index contributed by atoms with van der Waals surface area (Å²) in [7, 11) is 0. The van der Waals surface area contributed by atoms with Crippen molar-refractivity contribution in [2.24, 2.45) is 0 Å². The largest absolute Gasteiger partial charge is 0.331 e. The van der Waals surface area contributed by atoms with Crippen LogP contribution in [-0.4, -0.2) is 19.5 Å². The first-order valence-corrected chi connectivity index (χ1v) is 6.62. The molecule has 0 fully saturated rings. The van der Waals surface area contributed by atoms with Gasteiger partial charge in [0.1, 0.15) is 11.2 Å². The molecule has 4 nitrogen and oxygen atoms in total. The summed E-state index contributed by atoms with van der Waals surface area (Å²) in [5.74, 6) is 0. The van der Waals surface area contributed by atoms with Crippen molar-refractivity contribution in [3.05, 3.63) is 17.3 Å². The maximum Gasteiger partial charge on any atom is 0.157 e. The van der Waals surface area contributed by atoms with E-state index in [4.69, 9.17) is 12.2 Å². The lowest BCUT2D eigenvalue weighted by atomic mass is 10.1. The average Bonchev–Trinajstić information content (AvgIpc) is 2.74. The Balaban J connectivity index is 2.00. The molecule has 0 aliphatic carbocycles. The molecule has 0 amide bonds. The lowest BCUT2D eigenvalue weighted by molar-refractivity contribution is 0.573. The Morgan fingerprint density at radius 2 is 2.06 bits per heavy atom. The molecule has 0 aliphatic heterocycles. The van der Waals surface area contributed by atoms with Crippen LogP contribution in [0.3, 0.4) is 0 Å². The first kappa shape index (κ1) is 12.2. The van der Waals surface area contributed by atoms with Crippen LogP contribution < -0.4 is 0 Å². The molecule has 5 heteroatoms. The molecule has 0 spiro atoms. The Morgan fingerprint density at radius 3 is 2.88 bits per heavy atom. The normalized spacial score (nSPS) is 11.1. The number of rotatable bonds is 6. The molecule has 0 aromatic carbocycles. The Bertz CT molecular complexity index is 529. The summed E-state index contributed by atoms with van der Waals surface area (Å²) in [4.78, 5) is 11.4. The second-order valence-corrected chi connectivity index (χ2v) is 4.64. The van der Waals surface area contributed by atoms with Gasteiger partial charge in [0.2, 0.25) is 0 Å². The Labute approximate surface area is 106 Å². The van der Waals surface area contributed by atoms with Crippen LogP contribution in [0.4, 0.5) is 0 Å². The fourth-order valence-corrected chi connectivity index (χ4v) is 2.16. The molecule has 2 heterocycles. The average molecular weight is 250 g/mol. The van der Waals surface area contributed by atoms with Crippen LogP contribution in [-0.2, 0) is 6.54 Å². The lowest BCUT2D eigenvalue weighted by Crippen LogP contribution is -1.97. The molecule has 0 unspecified atom stereocenters. The molecule has 0 saturated heterocycles. The fourth-order valence-electron chi connectivity index (χ4n) is 1.96. The Morgan fingerprint density at radius 1 is 1.24 bits per heavy atom. The van der Waals surface area contributed by atoms with Crippen molar-refractivity contribution in [1.82, 2.24) is 19.5 Å². The highest BCUT2D eigenvalue weighted by Crippen LogP contribution is 2.11. The van der Waals surface area contributed by atoms with E-state index in [1.54, 1.807) is 6.33 Å². The van der Waals surface area contributed by atoms with Gasteiger partial charge in [-0.2, -0.15) is 0 Å². The zero-order valence-electron chi connectivity index (χ0n) is 10.1. The predicted molar refractivity (Wildman–Crippen MR) is 71.5 cm³/mol. The zero-order valence-corrected chi connectivity index (χ0v) is 11.0. The third-order valence-corrected chi connectivity index (χ3v) is 3.22. The van der Waals surface area contributed by atoms with Crippen LogP contribution in [0, 0.1) is 4.64 Å². The first-order chi connectivity index (χ1) is 8.33. The van der Waals surface area contributed by atoms with Gasteiger partial charge in [0.15, 0.2) is 4.64 Å². The number of unbranched alkanes of at least 4 members (excludes halogenated alkanes) is 4. The Hall–Kier alpha value is -1.23. The van der Waals surface area contributed by atoms with Gasteiger partial charge in [0.25, 0.3) is 0 Å². The molecule has 2 aromatic heterocycles. The number of aromatic amines is 1. The third-order valence-electron chi connectivity index (χ3n) is 2.93. The van der Waals surface area contributed by atoms with E-state index >= 15 is 0 Å². The monoisotopic (exact) mass is 250 g/mol. The lowest BCUT2D eigenvalue weighted by Gasteiger charge is -2.03. The molecular weight excluding hydrogens is 232 g/mol. The van der Waals surface area contributed by atoms with E-state index < -0.39 is 0 Å². The SMILES string of the molecule is CCCCCCCn1cnc2c(=S)nc[nH]c21. The number of hydrogen-bond acceptors (Lipinski definition) is 3. The molecular formula is C12H18N4S. The van der Waals surface area contributed by atoms with Gasteiger partial charge in [0.05, 0.1) is 12.7 Å². The van der Waals surface area contributed by atoms with Crippen LogP contribution in [0.2, 0.25) is 0 Å². The summed E-state index contributed by atoms with van der Waals surface area (Å²) in [5.41, 5.74) is 1.79. The molecule has 0 saturated carbocycles. The summed E-state index contributed by atoms with van der Waals surface area (Å²) in [6, 6.07) is 0. The number of imidazole rings is 1. The molecule has 0 bridgehead atoms. The minimum absolute atomic E-state index is 0.573. The number of aryl methyl sites for hydroxylation is 1. The summed E-state index contributed by atoms with van der Waals surface area (Å²) in [5, 5.41) is 0.